The highest BCUT2D eigenvalue weighted by molar-refractivity contribution is 6.34. The van der Waals surface area contributed by atoms with Crippen LogP contribution in [0.1, 0.15) is 40.2 Å². The quantitative estimate of drug-likeness (QED) is 0.555. The summed E-state index contributed by atoms with van der Waals surface area (Å²) in [7, 11) is 1.54. The molecule has 1 aromatic heterocycles. The van der Waals surface area contributed by atoms with Gasteiger partial charge in [-0.25, -0.2) is 8.78 Å². The molecule has 2 aromatic carbocycles. The van der Waals surface area contributed by atoms with Gasteiger partial charge in [-0.2, -0.15) is 0 Å². The van der Waals surface area contributed by atoms with Crippen LogP contribution in [0.5, 0.6) is 0 Å². The number of aromatic nitrogens is 1. The van der Waals surface area contributed by atoms with Gasteiger partial charge in [-0.3, -0.25) is 9.59 Å². The zero-order valence-corrected chi connectivity index (χ0v) is 19.1. The van der Waals surface area contributed by atoms with Gasteiger partial charge >= 0.3 is 0 Å². The van der Waals surface area contributed by atoms with E-state index < -0.39 is 5.56 Å². The van der Waals surface area contributed by atoms with E-state index in [4.69, 9.17) is 11.6 Å². The van der Waals surface area contributed by atoms with Gasteiger partial charge in [0, 0.05) is 32.0 Å². The number of hydrogen-bond acceptors (Lipinski definition) is 3. The Labute approximate surface area is 195 Å². The van der Waals surface area contributed by atoms with Crippen molar-refractivity contribution in [1.29, 1.82) is 0 Å². The van der Waals surface area contributed by atoms with Gasteiger partial charge in [-0.05, 0) is 67.1 Å². The molecule has 4 rings (SSSR count). The molecule has 1 aliphatic rings. The molecule has 5 nitrogen and oxygen atoms in total. The Morgan fingerprint density at radius 2 is 1.76 bits per heavy atom. The van der Waals surface area contributed by atoms with Crippen molar-refractivity contribution in [2.45, 2.75) is 25.7 Å². The van der Waals surface area contributed by atoms with E-state index in [0.717, 1.165) is 18.4 Å². The maximum absolute atomic E-state index is 13.7. The molecule has 3 aromatic rings. The number of amides is 1. The summed E-state index contributed by atoms with van der Waals surface area (Å²) in [6.45, 7) is 2.68. The second-order valence-electron chi connectivity index (χ2n) is 8.35. The summed E-state index contributed by atoms with van der Waals surface area (Å²) in [5.41, 5.74) is 2.04. The number of carbonyl (C=O) groups excluding carboxylic acids is 1. The Morgan fingerprint density at radius 1 is 1.09 bits per heavy atom. The highest BCUT2D eigenvalue weighted by atomic mass is 35.5. The second-order valence-corrected chi connectivity index (χ2v) is 8.73. The van der Waals surface area contributed by atoms with Gasteiger partial charge in [0.2, 0.25) is 0 Å². The van der Waals surface area contributed by atoms with Crippen molar-refractivity contribution in [3.63, 3.8) is 0 Å². The monoisotopic (exact) mass is 471 g/mol. The minimum atomic E-state index is -0.440. The van der Waals surface area contributed by atoms with Crippen molar-refractivity contribution in [2.24, 2.45) is 7.05 Å². The predicted octanol–water partition coefficient (Wildman–Crippen LogP) is 5.39. The lowest BCUT2D eigenvalue weighted by Crippen LogP contribution is -2.39. The lowest BCUT2D eigenvalue weighted by Gasteiger charge is -2.33. The number of hydrogen-bond donors (Lipinski definition) is 1. The van der Waals surface area contributed by atoms with Crippen molar-refractivity contribution in [1.82, 2.24) is 9.47 Å². The van der Waals surface area contributed by atoms with Crippen LogP contribution in [0.2, 0.25) is 5.02 Å². The number of aryl methyl sites for hydroxylation is 2. The van der Waals surface area contributed by atoms with E-state index in [-0.39, 0.29) is 39.7 Å². The fourth-order valence-corrected chi connectivity index (χ4v) is 4.45. The van der Waals surface area contributed by atoms with E-state index >= 15 is 0 Å². The van der Waals surface area contributed by atoms with Gasteiger partial charge in [-0.1, -0.05) is 23.7 Å². The van der Waals surface area contributed by atoms with E-state index in [1.54, 1.807) is 30.0 Å². The van der Waals surface area contributed by atoms with Crippen molar-refractivity contribution < 1.29 is 13.6 Å². The van der Waals surface area contributed by atoms with Gasteiger partial charge in [0.25, 0.3) is 11.5 Å². The molecule has 1 aliphatic heterocycles. The fourth-order valence-electron chi connectivity index (χ4n) is 4.17. The Kier molecular flexibility index (Phi) is 6.51. The molecule has 0 saturated carbocycles. The average Bonchev–Trinajstić information content (AvgIpc) is 2.82. The van der Waals surface area contributed by atoms with E-state index in [1.165, 1.54) is 42.1 Å². The Bertz CT molecular complexity index is 1250. The molecule has 1 saturated heterocycles. The molecule has 0 unspecified atom stereocenters. The molecular weight excluding hydrogens is 448 g/mol. The molecule has 0 radical (unpaired) electrons. The van der Waals surface area contributed by atoms with Crippen LogP contribution in [0.4, 0.5) is 20.2 Å². The van der Waals surface area contributed by atoms with Crippen LogP contribution < -0.4 is 10.9 Å². The largest absolute Gasteiger partial charge is 0.353 e. The first-order chi connectivity index (χ1) is 15.7. The summed E-state index contributed by atoms with van der Waals surface area (Å²) < 4.78 is 28.2. The summed E-state index contributed by atoms with van der Waals surface area (Å²) in [5, 5.41) is 2.94. The molecule has 1 N–H and O–H groups in total. The number of anilines is 2. The van der Waals surface area contributed by atoms with Crippen molar-refractivity contribution >= 4 is 28.9 Å². The summed E-state index contributed by atoms with van der Waals surface area (Å²) in [4.78, 5) is 27.6. The smallest absolute Gasteiger partial charge is 0.271 e. The van der Waals surface area contributed by atoms with Crippen LogP contribution in [0.3, 0.4) is 0 Å². The molecule has 2 heterocycles. The van der Waals surface area contributed by atoms with E-state index in [9.17, 15) is 18.4 Å². The lowest BCUT2D eigenvalue weighted by atomic mass is 9.89. The van der Waals surface area contributed by atoms with Crippen LogP contribution in [-0.2, 0) is 7.05 Å². The third kappa shape index (κ3) is 4.78. The topological polar surface area (TPSA) is 54.3 Å². The first kappa shape index (κ1) is 23.0. The second kappa shape index (κ2) is 9.35. The molecule has 0 aliphatic carbocycles. The summed E-state index contributed by atoms with van der Waals surface area (Å²) in [6.07, 6.45) is 2.97. The van der Waals surface area contributed by atoms with Crippen molar-refractivity contribution in [3.8, 4) is 0 Å². The highest BCUT2D eigenvalue weighted by Gasteiger charge is 2.28. The van der Waals surface area contributed by atoms with Gasteiger partial charge in [0.15, 0.2) is 0 Å². The predicted molar refractivity (Wildman–Crippen MR) is 125 cm³/mol. The zero-order valence-electron chi connectivity index (χ0n) is 18.4. The Hall–Kier alpha value is -3.19. The minimum absolute atomic E-state index is 0.105. The van der Waals surface area contributed by atoms with Crippen LogP contribution >= 0.6 is 11.6 Å². The Balaban J connectivity index is 1.59. The summed E-state index contributed by atoms with van der Waals surface area (Å²) in [6, 6.07) is 10.9. The summed E-state index contributed by atoms with van der Waals surface area (Å²) in [5.74, 6) is -0.616. The average molecular weight is 472 g/mol. The first-order valence-corrected chi connectivity index (χ1v) is 11.1. The minimum Gasteiger partial charge on any atom is -0.353 e. The molecule has 33 heavy (non-hydrogen) atoms. The molecule has 0 spiro atoms. The van der Waals surface area contributed by atoms with Crippen LogP contribution in [0.25, 0.3) is 0 Å². The third-order valence-electron chi connectivity index (χ3n) is 6.10. The van der Waals surface area contributed by atoms with E-state index in [1.807, 2.05) is 0 Å². The number of piperidine rings is 1. The Morgan fingerprint density at radius 3 is 2.39 bits per heavy atom. The zero-order chi connectivity index (χ0) is 23.7. The van der Waals surface area contributed by atoms with E-state index in [2.05, 4.69) is 5.32 Å². The number of nitrogens with one attached hydrogen (secondary N) is 1. The van der Waals surface area contributed by atoms with E-state index in [0.29, 0.717) is 24.3 Å². The van der Waals surface area contributed by atoms with Gasteiger partial charge in [-0.15, -0.1) is 0 Å². The highest BCUT2D eigenvalue weighted by Crippen LogP contribution is 2.32. The number of nitrogens with zero attached hydrogens (tertiary/aromatic N) is 2. The standard InChI is InChI=1S/C25H24ClF2N3O2/c1-15-13-19(7-8-21(15)28)29-23-20(14-30(2)25(33)22(23)26)24(32)31-11-9-17(10-12-31)16-3-5-18(27)6-4-16/h3-8,13-14,17,29H,9-12H2,1-2H3. The number of pyridine rings is 1. The van der Waals surface area contributed by atoms with Crippen molar-refractivity contribution in [2.75, 3.05) is 18.4 Å². The molecule has 172 valence electrons. The maximum Gasteiger partial charge on any atom is 0.271 e. The SMILES string of the molecule is Cc1cc(Nc2c(C(=O)N3CCC(c4ccc(F)cc4)CC3)cn(C)c(=O)c2Cl)ccc1F. The molecule has 1 amide bonds. The number of likely N-dealkylation sites (tertiary alicyclic amines) is 1. The van der Waals surface area contributed by atoms with Crippen LogP contribution in [-0.4, -0.2) is 28.5 Å². The van der Waals surface area contributed by atoms with Gasteiger partial charge in [0.1, 0.15) is 16.7 Å². The maximum atomic E-state index is 13.7. The number of rotatable bonds is 4. The fraction of sp³-hybridized carbons (Fsp3) is 0.280. The molecule has 1 fully saturated rings. The number of benzene rings is 2. The number of halogens is 3. The first-order valence-electron chi connectivity index (χ1n) is 10.7. The lowest BCUT2D eigenvalue weighted by molar-refractivity contribution is 0.0713. The van der Waals surface area contributed by atoms with Crippen LogP contribution in [0, 0.1) is 18.6 Å². The summed E-state index contributed by atoms with van der Waals surface area (Å²) >= 11 is 6.35. The number of carbonyl (C=O) groups is 1. The van der Waals surface area contributed by atoms with Gasteiger partial charge < -0.3 is 14.8 Å². The third-order valence-corrected chi connectivity index (χ3v) is 6.45. The molecular formula is C25H24ClF2N3O2. The molecule has 0 atom stereocenters. The normalized spacial score (nSPS) is 14.4. The van der Waals surface area contributed by atoms with Crippen molar-refractivity contribution in [3.05, 3.63) is 92.4 Å². The van der Waals surface area contributed by atoms with Gasteiger partial charge in [0.05, 0.1) is 11.3 Å². The molecule has 0 bridgehead atoms. The van der Waals surface area contributed by atoms with Crippen LogP contribution in [0.15, 0.2) is 53.5 Å². The molecule has 8 heteroatoms.